The molecule has 0 saturated carbocycles. The summed E-state index contributed by atoms with van der Waals surface area (Å²) in [5, 5.41) is 10.2. The van der Waals surface area contributed by atoms with Gasteiger partial charge in [0, 0.05) is 6.20 Å². The van der Waals surface area contributed by atoms with Gasteiger partial charge in [-0.3, -0.25) is 4.79 Å². The molecular weight excluding hydrogens is 365 g/mol. The maximum atomic E-state index is 12.6. The van der Waals surface area contributed by atoms with Crippen LogP contribution in [0.15, 0.2) is 47.5 Å². The fourth-order valence-electron chi connectivity index (χ4n) is 2.69. The Morgan fingerprint density at radius 3 is 2.67 bits per heavy atom. The molecular formula is C16H11F3N6O2. The van der Waals surface area contributed by atoms with Crippen LogP contribution in [0.2, 0.25) is 0 Å². The van der Waals surface area contributed by atoms with E-state index in [4.69, 9.17) is 0 Å². The van der Waals surface area contributed by atoms with Crippen LogP contribution in [-0.2, 0) is 0 Å². The second kappa shape index (κ2) is 5.97. The Labute approximate surface area is 148 Å². The molecule has 2 aliphatic rings. The molecule has 3 heterocycles. The summed E-state index contributed by atoms with van der Waals surface area (Å²) < 4.78 is 38.8. The first-order valence-electron chi connectivity index (χ1n) is 7.74. The maximum absolute atomic E-state index is 12.6. The minimum Gasteiger partial charge on any atom is -0.345 e. The van der Waals surface area contributed by atoms with Gasteiger partial charge in [0.1, 0.15) is 17.9 Å². The predicted octanol–water partition coefficient (Wildman–Crippen LogP) is 2.14. The first-order chi connectivity index (χ1) is 12.8. The van der Waals surface area contributed by atoms with Gasteiger partial charge in [-0.2, -0.15) is 32.7 Å². The Bertz CT molecular complexity index is 1160. The normalized spacial score (nSPS) is 12.0. The molecule has 0 saturated heterocycles. The largest absolute Gasteiger partial charge is 0.405 e. The lowest BCUT2D eigenvalue weighted by Crippen LogP contribution is -2.37. The van der Waals surface area contributed by atoms with Crippen molar-refractivity contribution in [2.45, 2.75) is 6.18 Å². The molecule has 138 valence electrons. The predicted molar refractivity (Wildman–Crippen MR) is 88.9 cm³/mol. The smallest absolute Gasteiger partial charge is 0.345 e. The standard InChI is InChI=1S/C16H11F3N6O2/c17-16(18,19)8-21-15(27)25-13-10(7-22-25)12-11(6-20-13)14(26)24(23-12)9-4-2-1-3-5-9/h1-7,20H,8H2,(H,21,27). The quantitative estimate of drug-likeness (QED) is 0.560. The number of amides is 1. The molecule has 0 atom stereocenters. The highest BCUT2D eigenvalue weighted by Gasteiger charge is 2.29. The Hall–Kier alpha value is -3.63. The van der Waals surface area contributed by atoms with Gasteiger partial charge < -0.3 is 10.3 Å². The number of hydrogen-bond donors (Lipinski definition) is 2. The van der Waals surface area contributed by atoms with E-state index >= 15 is 0 Å². The molecule has 0 bridgehead atoms. The molecule has 4 rings (SSSR count). The SMILES string of the molecule is O=C(NCC(F)(F)F)n1ncc2c3nn(-c4ccccc4)c(=O)c-3c[nH]c21. The summed E-state index contributed by atoms with van der Waals surface area (Å²) >= 11 is 0. The van der Waals surface area contributed by atoms with Gasteiger partial charge in [0.15, 0.2) is 0 Å². The van der Waals surface area contributed by atoms with E-state index in [0.717, 1.165) is 4.68 Å². The summed E-state index contributed by atoms with van der Waals surface area (Å²) in [6.45, 7) is -1.48. The van der Waals surface area contributed by atoms with Crippen LogP contribution in [0.3, 0.4) is 0 Å². The van der Waals surface area contributed by atoms with Crippen molar-refractivity contribution in [2.24, 2.45) is 0 Å². The second-order valence-electron chi connectivity index (χ2n) is 5.70. The number of rotatable bonds is 2. The number of nitrogens with one attached hydrogen (secondary N) is 2. The number of aromatic nitrogens is 5. The molecule has 8 nitrogen and oxygen atoms in total. The van der Waals surface area contributed by atoms with Crippen molar-refractivity contribution in [3.05, 3.63) is 53.1 Å². The first kappa shape index (κ1) is 16.8. The van der Waals surface area contributed by atoms with E-state index in [9.17, 15) is 22.8 Å². The van der Waals surface area contributed by atoms with Crippen molar-refractivity contribution in [1.29, 1.82) is 0 Å². The van der Waals surface area contributed by atoms with Gasteiger partial charge in [0.05, 0.1) is 22.8 Å². The third-order valence-electron chi connectivity index (χ3n) is 3.89. The monoisotopic (exact) mass is 376 g/mol. The van der Waals surface area contributed by atoms with Gasteiger partial charge in [0.25, 0.3) is 5.56 Å². The summed E-state index contributed by atoms with van der Waals surface area (Å²) in [6.07, 6.45) is -1.92. The zero-order chi connectivity index (χ0) is 19.2. The number of para-hydroxylation sites is 1. The van der Waals surface area contributed by atoms with Gasteiger partial charge in [-0.05, 0) is 12.1 Å². The van der Waals surface area contributed by atoms with Gasteiger partial charge in [-0.15, -0.1) is 0 Å². The molecule has 0 fully saturated rings. The number of nitrogens with zero attached hydrogens (tertiary/aromatic N) is 4. The average Bonchev–Trinajstić information content (AvgIpc) is 3.21. The topological polar surface area (TPSA) is 97.6 Å². The minimum absolute atomic E-state index is 0.125. The molecule has 0 aliphatic carbocycles. The van der Waals surface area contributed by atoms with Gasteiger partial charge in [0.2, 0.25) is 0 Å². The number of carbonyl (C=O) groups excluding carboxylic acids is 1. The number of benzene rings is 1. The zero-order valence-corrected chi connectivity index (χ0v) is 13.5. The molecule has 1 amide bonds. The number of alkyl halides is 3. The van der Waals surface area contributed by atoms with E-state index in [1.807, 2.05) is 0 Å². The number of hydrogen-bond acceptors (Lipinski definition) is 4. The number of fused-ring (bicyclic) bond motifs is 3. The molecule has 1 aromatic heterocycles. The Kier molecular flexibility index (Phi) is 3.72. The lowest BCUT2D eigenvalue weighted by atomic mass is 10.2. The van der Waals surface area contributed by atoms with Crippen LogP contribution in [-0.4, -0.2) is 43.3 Å². The Balaban J connectivity index is 1.80. The summed E-state index contributed by atoms with van der Waals surface area (Å²) in [5.41, 5.74) is 0.861. The van der Waals surface area contributed by atoms with Crippen molar-refractivity contribution in [1.82, 2.24) is 29.9 Å². The number of carbonyl (C=O) groups is 1. The number of aromatic amines is 1. The van der Waals surface area contributed by atoms with E-state index in [1.165, 1.54) is 17.1 Å². The van der Waals surface area contributed by atoms with Crippen LogP contribution in [0.25, 0.3) is 28.0 Å². The van der Waals surface area contributed by atoms with E-state index < -0.39 is 18.8 Å². The van der Waals surface area contributed by atoms with Crippen LogP contribution in [0, 0.1) is 0 Å². The fourth-order valence-corrected chi connectivity index (χ4v) is 2.69. The number of pyridine rings is 1. The second-order valence-corrected chi connectivity index (χ2v) is 5.70. The molecule has 0 radical (unpaired) electrons. The van der Waals surface area contributed by atoms with E-state index in [0.29, 0.717) is 11.1 Å². The summed E-state index contributed by atoms with van der Waals surface area (Å²) in [7, 11) is 0. The van der Waals surface area contributed by atoms with Crippen molar-refractivity contribution in [2.75, 3.05) is 6.54 Å². The van der Waals surface area contributed by atoms with Crippen molar-refractivity contribution >= 4 is 17.1 Å². The third kappa shape index (κ3) is 2.92. The molecule has 0 unspecified atom stereocenters. The van der Waals surface area contributed by atoms with Gasteiger partial charge in [-0.1, -0.05) is 18.2 Å². The van der Waals surface area contributed by atoms with E-state index in [1.54, 1.807) is 35.6 Å². The fraction of sp³-hybridized carbons (Fsp3) is 0.125. The Morgan fingerprint density at radius 2 is 1.96 bits per heavy atom. The zero-order valence-electron chi connectivity index (χ0n) is 13.5. The summed E-state index contributed by atoms with van der Waals surface area (Å²) in [6, 6.07) is 7.68. The number of H-pyrrole nitrogens is 1. The van der Waals surface area contributed by atoms with Crippen molar-refractivity contribution in [3.63, 3.8) is 0 Å². The van der Waals surface area contributed by atoms with Gasteiger partial charge >= 0.3 is 12.2 Å². The summed E-state index contributed by atoms with van der Waals surface area (Å²) in [5.74, 6) is 0. The lowest BCUT2D eigenvalue weighted by Gasteiger charge is -2.08. The maximum Gasteiger partial charge on any atom is 0.405 e. The van der Waals surface area contributed by atoms with Crippen LogP contribution >= 0.6 is 0 Å². The van der Waals surface area contributed by atoms with Crippen LogP contribution in [0.5, 0.6) is 0 Å². The summed E-state index contributed by atoms with van der Waals surface area (Å²) in [4.78, 5) is 27.3. The number of halogens is 3. The highest BCUT2D eigenvalue weighted by atomic mass is 19.4. The van der Waals surface area contributed by atoms with Crippen molar-refractivity contribution in [3.8, 4) is 16.9 Å². The van der Waals surface area contributed by atoms with Gasteiger partial charge in [-0.25, -0.2) is 4.79 Å². The molecule has 1 aromatic carbocycles. The van der Waals surface area contributed by atoms with Crippen LogP contribution < -0.4 is 10.9 Å². The lowest BCUT2D eigenvalue weighted by molar-refractivity contribution is -0.122. The Morgan fingerprint density at radius 1 is 1.22 bits per heavy atom. The molecule has 2 N–H and O–H groups in total. The van der Waals surface area contributed by atoms with Crippen LogP contribution in [0.1, 0.15) is 0 Å². The molecule has 11 heteroatoms. The highest BCUT2D eigenvalue weighted by Crippen LogP contribution is 2.25. The van der Waals surface area contributed by atoms with E-state index in [-0.39, 0.29) is 22.5 Å². The average molecular weight is 376 g/mol. The molecule has 27 heavy (non-hydrogen) atoms. The first-order valence-corrected chi connectivity index (χ1v) is 7.74. The van der Waals surface area contributed by atoms with E-state index in [2.05, 4.69) is 15.2 Å². The highest BCUT2D eigenvalue weighted by molar-refractivity contribution is 5.95. The third-order valence-corrected chi connectivity index (χ3v) is 3.89. The molecule has 2 aromatic rings. The molecule has 2 aliphatic heterocycles. The minimum atomic E-state index is -4.54. The van der Waals surface area contributed by atoms with Crippen LogP contribution in [0.4, 0.5) is 18.0 Å². The molecule has 0 spiro atoms. The van der Waals surface area contributed by atoms with Crippen molar-refractivity contribution < 1.29 is 18.0 Å².